The molecule has 2 aromatic carbocycles. The van der Waals surface area contributed by atoms with E-state index >= 15 is 0 Å². The van der Waals surface area contributed by atoms with Gasteiger partial charge in [0.05, 0.1) is 11.8 Å². The first-order chi connectivity index (χ1) is 12.4. The second-order valence-electron chi connectivity index (χ2n) is 5.51. The fraction of sp³-hybridized carbons (Fsp3) is 0.118. The molecule has 1 amide bonds. The Morgan fingerprint density at radius 3 is 2.22 bits per heavy atom. The number of carbonyl (C=O) groups is 1. The summed E-state index contributed by atoms with van der Waals surface area (Å²) in [6, 6.07) is 9.58. The topological polar surface area (TPSA) is 75.3 Å². The molecule has 0 spiro atoms. The molecule has 144 valence electrons. The Morgan fingerprint density at radius 2 is 1.67 bits per heavy atom. The number of hydrogen-bond donors (Lipinski definition) is 2. The van der Waals surface area contributed by atoms with E-state index in [-0.39, 0.29) is 10.2 Å². The third-order valence-electron chi connectivity index (χ3n) is 3.18. The summed E-state index contributed by atoms with van der Waals surface area (Å²) in [5.74, 6) is -0.608. The lowest BCUT2D eigenvalue weighted by Crippen LogP contribution is -2.11. The Kier molecular flexibility index (Phi) is 6.32. The van der Waals surface area contributed by atoms with E-state index in [4.69, 9.17) is 0 Å². The first-order valence-corrected chi connectivity index (χ1v) is 10.1. The number of hydrogen-bond acceptors (Lipinski definition) is 3. The van der Waals surface area contributed by atoms with E-state index in [2.05, 4.69) is 26.0 Å². The van der Waals surface area contributed by atoms with Crippen molar-refractivity contribution in [2.24, 2.45) is 0 Å². The molecule has 27 heavy (non-hydrogen) atoms. The number of sulfonamides is 1. The van der Waals surface area contributed by atoms with Gasteiger partial charge in [-0.05, 0) is 42.0 Å². The molecule has 2 N–H and O–H groups in total. The Balaban J connectivity index is 2.05. The first kappa shape index (κ1) is 21.0. The number of amides is 1. The van der Waals surface area contributed by atoms with Crippen LogP contribution in [0.4, 0.5) is 24.5 Å². The van der Waals surface area contributed by atoms with E-state index < -0.39 is 27.7 Å². The molecular formula is C17H14BrF3N2O3S. The van der Waals surface area contributed by atoms with Crippen molar-refractivity contribution in [3.63, 3.8) is 0 Å². The highest BCUT2D eigenvalue weighted by molar-refractivity contribution is 9.10. The number of anilines is 2. The van der Waals surface area contributed by atoms with Crippen LogP contribution in [0, 0.1) is 0 Å². The van der Waals surface area contributed by atoms with Crippen molar-refractivity contribution in [3.8, 4) is 0 Å². The Bertz CT molecular complexity index is 972. The van der Waals surface area contributed by atoms with Gasteiger partial charge in [-0.3, -0.25) is 9.52 Å². The zero-order chi connectivity index (χ0) is 20.2. The number of carbonyl (C=O) groups excluding carboxylic acids is 1. The minimum absolute atomic E-state index is 0.00729. The van der Waals surface area contributed by atoms with Crippen molar-refractivity contribution in [2.45, 2.75) is 6.18 Å². The summed E-state index contributed by atoms with van der Waals surface area (Å²) in [5, 5.41) is 2.36. The van der Waals surface area contributed by atoms with Gasteiger partial charge < -0.3 is 5.32 Å². The molecule has 0 atom stereocenters. The quantitative estimate of drug-likeness (QED) is 0.642. The smallest absolute Gasteiger partial charge is 0.322 e. The number of alkyl halides is 3. The molecule has 0 radical (unpaired) electrons. The van der Waals surface area contributed by atoms with Crippen LogP contribution in [0.5, 0.6) is 0 Å². The summed E-state index contributed by atoms with van der Waals surface area (Å²) in [6.07, 6.45) is -0.911. The third-order valence-corrected chi connectivity index (χ3v) is 4.48. The maximum atomic E-state index is 12.9. The van der Waals surface area contributed by atoms with Gasteiger partial charge in [0, 0.05) is 21.9 Å². The molecule has 10 heteroatoms. The molecule has 0 saturated heterocycles. The lowest BCUT2D eigenvalue weighted by Gasteiger charge is -2.11. The number of benzene rings is 2. The minimum Gasteiger partial charge on any atom is -0.322 e. The normalized spacial score (nSPS) is 12.2. The van der Waals surface area contributed by atoms with Gasteiger partial charge in [-0.2, -0.15) is 13.2 Å². The molecule has 0 aliphatic carbocycles. The van der Waals surface area contributed by atoms with Crippen molar-refractivity contribution >= 4 is 49.3 Å². The van der Waals surface area contributed by atoms with Gasteiger partial charge in [-0.1, -0.05) is 28.1 Å². The highest BCUT2D eigenvalue weighted by atomic mass is 79.9. The van der Waals surface area contributed by atoms with Crippen LogP contribution in [-0.2, 0) is 21.0 Å². The van der Waals surface area contributed by atoms with Crippen LogP contribution in [0.2, 0.25) is 0 Å². The molecule has 0 bridgehead atoms. The minimum atomic E-state index is -4.54. The Morgan fingerprint density at radius 1 is 1.07 bits per heavy atom. The molecule has 0 heterocycles. The zero-order valence-corrected chi connectivity index (χ0v) is 16.2. The van der Waals surface area contributed by atoms with Crippen LogP contribution in [-0.4, -0.2) is 20.6 Å². The van der Waals surface area contributed by atoms with Gasteiger partial charge in [0.25, 0.3) is 0 Å². The second kappa shape index (κ2) is 8.13. The van der Waals surface area contributed by atoms with Crippen LogP contribution in [0.1, 0.15) is 11.1 Å². The third kappa shape index (κ3) is 6.72. The summed E-state index contributed by atoms with van der Waals surface area (Å²) in [4.78, 5) is 11.9. The highest BCUT2D eigenvalue weighted by Gasteiger charge is 2.33. The fourth-order valence-corrected chi connectivity index (χ4v) is 3.09. The van der Waals surface area contributed by atoms with Gasteiger partial charge in [0.2, 0.25) is 15.9 Å². The lowest BCUT2D eigenvalue weighted by molar-refractivity contribution is -0.138. The summed E-state index contributed by atoms with van der Waals surface area (Å²) < 4.78 is 63.1. The molecule has 0 aliphatic rings. The molecule has 2 rings (SSSR count). The van der Waals surface area contributed by atoms with Gasteiger partial charge in [0.15, 0.2) is 0 Å². The Labute approximate surface area is 162 Å². The van der Waals surface area contributed by atoms with E-state index in [1.165, 1.54) is 30.3 Å². The predicted octanol–water partition coefficient (Wildman–Crippen LogP) is 4.49. The van der Waals surface area contributed by atoms with Crippen molar-refractivity contribution in [3.05, 3.63) is 64.1 Å². The van der Waals surface area contributed by atoms with Crippen molar-refractivity contribution in [1.29, 1.82) is 0 Å². The van der Waals surface area contributed by atoms with Gasteiger partial charge in [0.1, 0.15) is 0 Å². The number of rotatable bonds is 5. The summed E-state index contributed by atoms with van der Waals surface area (Å²) in [7, 11) is -3.38. The van der Waals surface area contributed by atoms with Crippen LogP contribution in [0.15, 0.2) is 53.0 Å². The van der Waals surface area contributed by atoms with Crippen molar-refractivity contribution in [2.75, 3.05) is 16.3 Å². The average Bonchev–Trinajstić information content (AvgIpc) is 2.53. The SMILES string of the molecule is CS(=O)(=O)Nc1ccc(/C=C/C(=O)Nc2ccc(Br)c(C(F)(F)F)c2)cc1. The van der Waals surface area contributed by atoms with E-state index in [0.29, 0.717) is 11.3 Å². The molecular weight excluding hydrogens is 449 g/mol. The highest BCUT2D eigenvalue weighted by Crippen LogP contribution is 2.36. The second-order valence-corrected chi connectivity index (χ2v) is 8.11. The molecule has 0 aromatic heterocycles. The van der Waals surface area contributed by atoms with E-state index in [1.807, 2.05) is 0 Å². The molecule has 5 nitrogen and oxygen atoms in total. The van der Waals surface area contributed by atoms with E-state index in [1.54, 1.807) is 12.1 Å². The molecule has 0 unspecified atom stereocenters. The average molecular weight is 463 g/mol. The molecule has 0 fully saturated rings. The van der Waals surface area contributed by atoms with Crippen LogP contribution in [0.25, 0.3) is 6.08 Å². The monoisotopic (exact) mass is 462 g/mol. The van der Waals surface area contributed by atoms with E-state index in [0.717, 1.165) is 18.4 Å². The number of nitrogens with one attached hydrogen (secondary N) is 2. The van der Waals surface area contributed by atoms with Crippen molar-refractivity contribution < 1.29 is 26.4 Å². The van der Waals surface area contributed by atoms with Crippen molar-refractivity contribution in [1.82, 2.24) is 0 Å². The lowest BCUT2D eigenvalue weighted by atomic mass is 10.2. The maximum absolute atomic E-state index is 12.9. The molecule has 2 aromatic rings. The van der Waals surface area contributed by atoms with Gasteiger partial charge >= 0.3 is 6.18 Å². The predicted molar refractivity (Wildman–Crippen MR) is 102 cm³/mol. The van der Waals surface area contributed by atoms with Crippen LogP contribution in [0.3, 0.4) is 0 Å². The Hall–Kier alpha value is -2.33. The molecule has 0 saturated carbocycles. The first-order valence-electron chi connectivity index (χ1n) is 7.38. The standard InChI is InChI=1S/C17H14BrF3N2O3S/c1-27(25,26)23-12-5-2-11(3-6-12)4-9-16(24)22-13-7-8-15(18)14(10-13)17(19,20)21/h2-10,23H,1H3,(H,22,24)/b9-4+. The number of halogens is 4. The zero-order valence-electron chi connectivity index (χ0n) is 13.8. The molecule has 0 aliphatic heterocycles. The van der Waals surface area contributed by atoms with Crippen LogP contribution < -0.4 is 10.0 Å². The fourth-order valence-electron chi connectivity index (χ4n) is 2.05. The summed E-state index contributed by atoms with van der Waals surface area (Å²) >= 11 is 2.83. The summed E-state index contributed by atoms with van der Waals surface area (Å²) in [6.45, 7) is 0. The van der Waals surface area contributed by atoms with Gasteiger partial charge in [-0.25, -0.2) is 8.42 Å². The van der Waals surface area contributed by atoms with E-state index in [9.17, 15) is 26.4 Å². The van der Waals surface area contributed by atoms with Crippen LogP contribution >= 0.6 is 15.9 Å². The maximum Gasteiger partial charge on any atom is 0.417 e. The van der Waals surface area contributed by atoms with Gasteiger partial charge in [-0.15, -0.1) is 0 Å². The summed E-state index contributed by atoms with van der Waals surface area (Å²) in [5.41, 5.74) is 0.0933. The largest absolute Gasteiger partial charge is 0.417 e.